The number of allylic oxidation sites excluding steroid dienone is 1. The summed E-state index contributed by atoms with van der Waals surface area (Å²) in [5, 5.41) is 0. The van der Waals surface area contributed by atoms with Gasteiger partial charge >= 0.3 is 0 Å². The van der Waals surface area contributed by atoms with E-state index in [4.69, 9.17) is 0 Å². The molecule has 1 saturated heterocycles. The Labute approximate surface area is 99.1 Å². The van der Waals surface area contributed by atoms with E-state index < -0.39 is 0 Å². The van der Waals surface area contributed by atoms with Crippen LogP contribution in [-0.4, -0.2) is 55.3 Å². The molecule has 1 rings (SSSR count). The van der Waals surface area contributed by atoms with Gasteiger partial charge in [-0.05, 0) is 19.0 Å². The maximum atomic E-state index is 4.17. The normalized spacial score (nSPS) is 19.1. The smallest absolute Gasteiger partial charge is 0.0309 e. The fourth-order valence-electron chi connectivity index (χ4n) is 1.79. The average molecular weight is 221 g/mol. The number of likely N-dealkylation sites (N-methyl/N-ethyl adjacent to an activating group) is 1. The molecule has 16 heavy (non-hydrogen) atoms. The van der Waals surface area contributed by atoms with Crippen molar-refractivity contribution >= 4 is 6.21 Å². The third-order valence-electron chi connectivity index (χ3n) is 2.81. The van der Waals surface area contributed by atoms with Crippen molar-refractivity contribution in [1.29, 1.82) is 0 Å². The number of nitrogens with zero attached hydrogens (tertiary/aromatic N) is 3. The SMILES string of the molecule is C=C(C=NC(=C)C)CN1CCN(CC)CC1. The lowest BCUT2D eigenvalue weighted by Gasteiger charge is -2.33. The molecule has 1 aliphatic heterocycles. The fraction of sp³-hybridized carbons (Fsp3) is 0.615. The summed E-state index contributed by atoms with van der Waals surface area (Å²) in [7, 11) is 0. The highest BCUT2D eigenvalue weighted by Crippen LogP contribution is 2.03. The van der Waals surface area contributed by atoms with E-state index in [9.17, 15) is 0 Å². The summed E-state index contributed by atoms with van der Waals surface area (Å²) in [6.45, 7) is 18.5. The highest BCUT2D eigenvalue weighted by atomic mass is 15.3. The van der Waals surface area contributed by atoms with Gasteiger partial charge in [0.2, 0.25) is 0 Å². The van der Waals surface area contributed by atoms with Crippen molar-refractivity contribution in [3.8, 4) is 0 Å². The van der Waals surface area contributed by atoms with Crippen molar-refractivity contribution in [2.24, 2.45) is 4.99 Å². The first-order chi connectivity index (χ1) is 7.61. The second-order valence-corrected chi connectivity index (χ2v) is 4.36. The molecule has 90 valence electrons. The monoisotopic (exact) mass is 221 g/mol. The number of rotatable bonds is 5. The Kier molecular flexibility index (Phi) is 5.43. The lowest BCUT2D eigenvalue weighted by Crippen LogP contribution is -2.46. The van der Waals surface area contributed by atoms with Gasteiger partial charge in [0.15, 0.2) is 0 Å². The number of hydrogen-bond acceptors (Lipinski definition) is 3. The van der Waals surface area contributed by atoms with Gasteiger partial charge in [0.25, 0.3) is 0 Å². The molecule has 0 radical (unpaired) electrons. The first kappa shape index (κ1) is 13.1. The molecule has 1 heterocycles. The summed E-state index contributed by atoms with van der Waals surface area (Å²) in [5.74, 6) is 0. The Bertz CT molecular complexity index is 273. The highest BCUT2D eigenvalue weighted by molar-refractivity contribution is 5.78. The fourth-order valence-corrected chi connectivity index (χ4v) is 1.79. The largest absolute Gasteiger partial charge is 0.301 e. The van der Waals surface area contributed by atoms with Crippen LogP contribution in [0.1, 0.15) is 13.8 Å². The van der Waals surface area contributed by atoms with Gasteiger partial charge in [-0.15, -0.1) is 0 Å². The van der Waals surface area contributed by atoms with Crippen LogP contribution in [0.5, 0.6) is 0 Å². The van der Waals surface area contributed by atoms with E-state index >= 15 is 0 Å². The van der Waals surface area contributed by atoms with E-state index in [2.05, 4.69) is 34.9 Å². The first-order valence-corrected chi connectivity index (χ1v) is 5.94. The summed E-state index contributed by atoms with van der Waals surface area (Å²) in [4.78, 5) is 9.07. The molecule has 0 aliphatic carbocycles. The molecule has 0 atom stereocenters. The van der Waals surface area contributed by atoms with E-state index in [-0.39, 0.29) is 0 Å². The summed E-state index contributed by atoms with van der Waals surface area (Å²) in [5.41, 5.74) is 1.89. The third kappa shape index (κ3) is 4.73. The first-order valence-electron chi connectivity index (χ1n) is 5.94. The van der Waals surface area contributed by atoms with Crippen LogP contribution in [0.25, 0.3) is 0 Å². The minimum Gasteiger partial charge on any atom is -0.301 e. The maximum absolute atomic E-state index is 4.17. The Morgan fingerprint density at radius 2 is 1.75 bits per heavy atom. The Balaban J connectivity index is 2.28. The van der Waals surface area contributed by atoms with Crippen LogP contribution in [-0.2, 0) is 0 Å². The van der Waals surface area contributed by atoms with E-state index in [1.54, 1.807) is 0 Å². The zero-order valence-electron chi connectivity index (χ0n) is 10.6. The predicted octanol–water partition coefficient (Wildman–Crippen LogP) is 1.78. The lowest BCUT2D eigenvalue weighted by molar-refractivity contribution is 0.147. The van der Waals surface area contributed by atoms with E-state index in [1.165, 1.54) is 13.1 Å². The van der Waals surface area contributed by atoms with Crippen molar-refractivity contribution in [3.63, 3.8) is 0 Å². The molecule has 0 aromatic carbocycles. The molecule has 3 heteroatoms. The van der Waals surface area contributed by atoms with Crippen molar-refractivity contribution in [2.75, 3.05) is 39.3 Å². The predicted molar refractivity (Wildman–Crippen MR) is 71.0 cm³/mol. The lowest BCUT2D eigenvalue weighted by atomic mass is 10.2. The molecule has 0 N–H and O–H groups in total. The van der Waals surface area contributed by atoms with Crippen LogP contribution in [0.4, 0.5) is 0 Å². The van der Waals surface area contributed by atoms with Gasteiger partial charge in [-0.1, -0.05) is 20.1 Å². The van der Waals surface area contributed by atoms with Crippen LogP contribution in [0, 0.1) is 0 Å². The number of hydrogen-bond donors (Lipinski definition) is 0. The van der Waals surface area contributed by atoms with Gasteiger partial charge in [0.1, 0.15) is 0 Å². The minimum absolute atomic E-state index is 0.831. The average Bonchev–Trinajstić information content (AvgIpc) is 2.27. The van der Waals surface area contributed by atoms with Crippen molar-refractivity contribution in [3.05, 3.63) is 24.4 Å². The highest BCUT2D eigenvalue weighted by Gasteiger charge is 2.14. The molecule has 0 aromatic heterocycles. The van der Waals surface area contributed by atoms with Crippen LogP contribution in [0.3, 0.4) is 0 Å². The van der Waals surface area contributed by atoms with Crippen molar-refractivity contribution in [1.82, 2.24) is 9.80 Å². The zero-order valence-corrected chi connectivity index (χ0v) is 10.6. The molecule has 0 bridgehead atoms. The molecule has 3 nitrogen and oxygen atoms in total. The van der Waals surface area contributed by atoms with Gasteiger partial charge < -0.3 is 4.90 Å². The molecule has 0 spiro atoms. The molecular formula is C13H23N3. The van der Waals surface area contributed by atoms with Gasteiger partial charge in [0.05, 0.1) is 0 Å². The topological polar surface area (TPSA) is 18.8 Å². The minimum atomic E-state index is 0.831. The molecule has 0 unspecified atom stereocenters. The van der Waals surface area contributed by atoms with Crippen LogP contribution < -0.4 is 0 Å². The summed E-state index contributed by atoms with van der Waals surface area (Å²) >= 11 is 0. The van der Waals surface area contributed by atoms with Crippen molar-refractivity contribution in [2.45, 2.75) is 13.8 Å². The molecule has 0 saturated carbocycles. The molecule has 0 amide bonds. The molecule has 1 aliphatic rings. The van der Waals surface area contributed by atoms with Gasteiger partial charge in [-0.3, -0.25) is 9.89 Å². The second kappa shape index (κ2) is 6.61. The number of piperazine rings is 1. The summed E-state index contributed by atoms with van der Waals surface area (Å²) in [6.07, 6.45) is 1.83. The van der Waals surface area contributed by atoms with E-state index in [1.807, 2.05) is 13.1 Å². The second-order valence-electron chi connectivity index (χ2n) is 4.36. The quantitative estimate of drug-likeness (QED) is 0.659. The Morgan fingerprint density at radius 1 is 1.19 bits per heavy atom. The van der Waals surface area contributed by atoms with Gasteiger partial charge in [-0.25, -0.2) is 0 Å². The number of aliphatic imine (C=N–C) groups is 1. The van der Waals surface area contributed by atoms with Crippen LogP contribution >= 0.6 is 0 Å². The Hall–Kier alpha value is -0.930. The van der Waals surface area contributed by atoms with Crippen molar-refractivity contribution < 1.29 is 0 Å². The molecular weight excluding hydrogens is 198 g/mol. The van der Waals surface area contributed by atoms with Gasteiger partial charge in [-0.2, -0.15) is 0 Å². The van der Waals surface area contributed by atoms with Crippen LogP contribution in [0.2, 0.25) is 0 Å². The zero-order chi connectivity index (χ0) is 12.0. The third-order valence-corrected chi connectivity index (χ3v) is 2.81. The Morgan fingerprint density at radius 3 is 2.25 bits per heavy atom. The van der Waals surface area contributed by atoms with Crippen LogP contribution in [0.15, 0.2) is 29.4 Å². The summed E-state index contributed by atoms with van der Waals surface area (Å²) in [6, 6.07) is 0. The summed E-state index contributed by atoms with van der Waals surface area (Å²) < 4.78 is 0. The van der Waals surface area contributed by atoms with E-state index in [0.29, 0.717) is 0 Å². The molecule has 1 fully saturated rings. The molecule has 0 aromatic rings. The standard InChI is InChI=1S/C13H23N3/c1-5-15-6-8-16(9-7-15)11-13(4)10-14-12(2)3/h10H,2,4-9,11H2,1,3H3. The van der Waals surface area contributed by atoms with E-state index in [0.717, 1.165) is 37.4 Å². The van der Waals surface area contributed by atoms with Gasteiger partial charge in [0, 0.05) is 44.6 Å². The maximum Gasteiger partial charge on any atom is 0.0309 e.